The van der Waals surface area contributed by atoms with Crippen molar-refractivity contribution in [2.75, 3.05) is 11.8 Å². The van der Waals surface area contributed by atoms with Crippen LogP contribution in [0.2, 0.25) is 0 Å². The van der Waals surface area contributed by atoms with E-state index in [1.165, 1.54) is 17.4 Å². The molecule has 0 bridgehead atoms. The summed E-state index contributed by atoms with van der Waals surface area (Å²) in [5.74, 6) is 0.582. The second kappa shape index (κ2) is 4.91. The lowest BCUT2D eigenvalue weighted by Gasteiger charge is -2.02. The number of hydrogen-bond acceptors (Lipinski definition) is 5. The molecule has 0 amide bonds. The monoisotopic (exact) mass is 272 g/mol. The van der Waals surface area contributed by atoms with E-state index in [2.05, 4.69) is 10.0 Å². The first-order valence-electron chi connectivity index (χ1n) is 4.90. The standard InChI is InChI=1S/C10H12N2O3S2/c1-11-6-9-2-3-10(15-9)17(13,14)12-8-4-5-16-7-8/h2-5,7,11-12H,6H2,1H3. The Bertz CT molecular complexity index is 572. The lowest BCUT2D eigenvalue weighted by molar-refractivity contribution is 0.408. The number of rotatable bonds is 5. The zero-order valence-electron chi connectivity index (χ0n) is 9.14. The summed E-state index contributed by atoms with van der Waals surface area (Å²) in [6.07, 6.45) is 0. The molecule has 0 aliphatic carbocycles. The molecule has 2 rings (SSSR count). The van der Waals surface area contributed by atoms with Crippen LogP contribution in [0.1, 0.15) is 5.76 Å². The summed E-state index contributed by atoms with van der Waals surface area (Å²) in [6.45, 7) is 0.494. The summed E-state index contributed by atoms with van der Waals surface area (Å²) < 4.78 is 31.5. The molecule has 5 nitrogen and oxygen atoms in total. The largest absolute Gasteiger partial charge is 0.446 e. The minimum absolute atomic E-state index is 0.0750. The van der Waals surface area contributed by atoms with Crippen LogP contribution in [0.5, 0.6) is 0 Å². The highest BCUT2D eigenvalue weighted by Crippen LogP contribution is 2.20. The SMILES string of the molecule is CNCc1ccc(S(=O)(=O)Nc2ccsc2)o1. The van der Waals surface area contributed by atoms with Gasteiger partial charge in [0.05, 0.1) is 12.2 Å². The van der Waals surface area contributed by atoms with Gasteiger partial charge in [-0.05, 0) is 30.6 Å². The van der Waals surface area contributed by atoms with Crippen LogP contribution in [-0.4, -0.2) is 15.5 Å². The predicted molar refractivity (Wildman–Crippen MR) is 66.6 cm³/mol. The maximum Gasteiger partial charge on any atom is 0.295 e. The number of hydrogen-bond donors (Lipinski definition) is 2. The van der Waals surface area contributed by atoms with E-state index in [9.17, 15) is 8.42 Å². The van der Waals surface area contributed by atoms with Crippen molar-refractivity contribution in [1.29, 1.82) is 0 Å². The Labute approximate surface area is 104 Å². The van der Waals surface area contributed by atoms with Gasteiger partial charge >= 0.3 is 0 Å². The van der Waals surface area contributed by atoms with Crippen molar-refractivity contribution in [1.82, 2.24) is 5.32 Å². The number of furan rings is 1. The predicted octanol–water partition coefficient (Wildman–Crippen LogP) is 1.86. The molecule has 0 spiro atoms. The second-order valence-corrected chi connectivity index (χ2v) is 5.76. The van der Waals surface area contributed by atoms with E-state index in [1.54, 1.807) is 29.9 Å². The smallest absolute Gasteiger partial charge is 0.295 e. The first-order chi connectivity index (χ1) is 8.12. The molecule has 2 aromatic rings. The Morgan fingerprint density at radius 3 is 2.82 bits per heavy atom. The molecule has 0 saturated heterocycles. The lowest BCUT2D eigenvalue weighted by Crippen LogP contribution is -2.11. The van der Waals surface area contributed by atoms with Gasteiger partial charge < -0.3 is 9.73 Å². The van der Waals surface area contributed by atoms with E-state index >= 15 is 0 Å². The van der Waals surface area contributed by atoms with Crippen LogP contribution in [-0.2, 0) is 16.6 Å². The van der Waals surface area contributed by atoms with E-state index in [0.717, 1.165) is 0 Å². The molecule has 0 saturated carbocycles. The maximum atomic E-state index is 11.9. The highest BCUT2D eigenvalue weighted by molar-refractivity contribution is 7.92. The van der Waals surface area contributed by atoms with Crippen molar-refractivity contribution in [2.24, 2.45) is 0 Å². The van der Waals surface area contributed by atoms with Crippen LogP contribution in [0.3, 0.4) is 0 Å². The fraction of sp³-hybridized carbons (Fsp3) is 0.200. The van der Waals surface area contributed by atoms with Crippen LogP contribution in [0.15, 0.2) is 38.5 Å². The molecule has 0 aliphatic rings. The number of anilines is 1. The van der Waals surface area contributed by atoms with Gasteiger partial charge in [0, 0.05) is 5.38 Å². The molecule has 7 heteroatoms. The van der Waals surface area contributed by atoms with Crippen molar-refractivity contribution < 1.29 is 12.8 Å². The van der Waals surface area contributed by atoms with Gasteiger partial charge in [-0.2, -0.15) is 19.8 Å². The van der Waals surface area contributed by atoms with Crippen molar-refractivity contribution >= 4 is 27.0 Å². The molecule has 2 heterocycles. The van der Waals surface area contributed by atoms with E-state index in [1.807, 2.05) is 0 Å². The van der Waals surface area contributed by atoms with Gasteiger partial charge in [0.1, 0.15) is 5.76 Å². The highest BCUT2D eigenvalue weighted by Gasteiger charge is 2.18. The quantitative estimate of drug-likeness (QED) is 0.871. The summed E-state index contributed by atoms with van der Waals surface area (Å²) in [5, 5.41) is 6.33. The first kappa shape index (κ1) is 12.2. The van der Waals surface area contributed by atoms with Crippen molar-refractivity contribution in [3.8, 4) is 0 Å². The molecule has 0 atom stereocenters. The maximum absolute atomic E-state index is 11.9. The zero-order chi connectivity index (χ0) is 12.3. The molecule has 0 radical (unpaired) electrons. The number of thiophene rings is 1. The first-order valence-corrected chi connectivity index (χ1v) is 7.33. The number of sulfonamides is 1. The molecule has 17 heavy (non-hydrogen) atoms. The van der Waals surface area contributed by atoms with Crippen molar-refractivity contribution in [3.63, 3.8) is 0 Å². The lowest BCUT2D eigenvalue weighted by atomic mass is 10.4. The third-order valence-corrected chi connectivity index (χ3v) is 3.96. The molecule has 2 N–H and O–H groups in total. The minimum atomic E-state index is -3.62. The Morgan fingerprint density at radius 1 is 1.35 bits per heavy atom. The van der Waals surface area contributed by atoms with Crippen LogP contribution >= 0.6 is 11.3 Å². The van der Waals surface area contributed by atoms with Crippen LogP contribution < -0.4 is 10.0 Å². The summed E-state index contributed by atoms with van der Waals surface area (Å²) in [6, 6.07) is 4.78. The molecule has 92 valence electrons. The minimum Gasteiger partial charge on any atom is -0.446 e. The summed E-state index contributed by atoms with van der Waals surface area (Å²) in [4.78, 5) is 0. The molecule has 0 aromatic carbocycles. The van der Waals surface area contributed by atoms with E-state index in [0.29, 0.717) is 18.0 Å². The van der Waals surface area contributed by atoms with Crippen LogP contribution in [0, 0.1) is 0 Å². The van der Waals surface area contributed by atoms with Crippen LogP contribution in [0.4, 0.5) is 5.69 Å². The molecule has 0 unspecified atom stereocenters. The van der Waals surface area contributed by atoms with Gasteiger partial charge in [-0.15, -0.1) is 0 Å². The second-order valence-electron chi connectivity index (χ2n) is 3.37. The summed E-state index contributed by atoms with van der Waals surface area (Å²) >= 11 is 1.42. The zero-order valence-corrected chi connectivity index (χ0v) is 10.8. The van der Waals surface area contributed by atoms with Gasteiger partial charge in [-0.25, -0.2) is 0 Å². The van der Waals surface area contributed by atoms with Crippen molar-refractivity contribution in [2.45, 2.75) is 11.6 Å². The average molecular weight is 272 g/mol. The summed E-state index contributed by atoms with van der Waals surface area (Å²) in [5.41, 5.74) is 0.543. The molecule has 0 aliphatic heterocycles. The van der Waals surface area contributed by atoms with E-state index in [4.69, 9.17) is 4.42 Å². The van der Waals surface area contributed by atoms with Gasteiger partial charge in [0.25, 0.3) is 10.0 Å². The fourth-order valence-corrected chi connectivity index (χ4v) is 2.96. The van der Waals surface area contributed by atoms with Gasteiger partial charge in [0.15, 0.2) is 0 Å². The third-order valence-electron chi connectivity index (χ3n) is 2.03. The summed E-state index contributed by atoms with van der Waals surface area (Å²) in [7, 11) is -1.85. The van der Waals surface area contributed by atoms with E-state index < -0.39 is 10.0 Å². The Balaban J connectivity index is 2.19. The van der Waals surface area contributed by atoms with Crippen LogP contribution in [0.25, 0.3) is 0 Å². The van der Waals surface area contributed by atoms with Gasteiger partial charge in [-0.1, -0.05) is 0 Å². The normalized spacial score (nSPS) is 11.6. The highest BCUT2D eigenvalue weighted by atomic mass is 32.2. The van der Waals surface area contributed by atoms with Gasteiger partial charge in [0.2, 0.25) is 5.09 Å². The topological polar surface area (TPSA) is 71.3 Å². The molecular weight excluding hydrogens is 260 g/mol. The number of nitrogens with one attached hydrogen (secondary N) is 2. The molecular formula is C10H12N2O3S2. The van der Waals surface area contributed by atoms with Crippen molar-refractivity contribution in [3.05, 3.63) is 34.7 Å². The Morgan fingerprint density at radius 2 is 2.18 bits per heavy atom. The molecule has 0 fully saturated rings. The Hall–Kier alpha value is -1.31. The van der Waals surface area contributed by atoms with Gasteiger partial charge in [-0.3, -0.25) is 4.72 Å². The fourth-order valence-electron chi connectivity index (χ4n) is 1.30. The average Bonchev–Trinajstić information content (AvgIpc) is 2.88. The van der Waals surface area contributed by atoms with E-state index in [-0.39, 0.29) is 5.09 Å². The third kappa shape index (κ3) is 2.87. The Kier molecular flexibility index (Phi) is 3.51. The molecule has 2 aromatic heterocycles.